The van der Waals surface area contributed by atoms with Crippen LogP contribution in [0.25, 0.3) is 0 Å². The van der Waals surface area contributed by atoms with E-state index in [9.17, 15) is 4.79 Å². The van der Waals surface area contributed by atoms with Crippen molar-refractivity contribution in [2.24, 2.45) is 0 Å². The molecule has 1 heterocycles. The summed E-state index contributed by atoms with van der Waals surface area (Å²) in [5.41, 5.74) is 4.32. The smallest absolute Gasteiger partial charge is 0.255 e. The second-order valence-electron chi connectivity index (χ2n) is 7.26. The van der Waals surface area contributed by atoms with Crippen LogP contribution in [0.5, 0.6) is 5.75 Å². The van der Waals surface area contributed by atoms with Crippen LogP contribution in [-0.2, 0) is 13.2 Å². The molecule has 6 heteroatoms. The number of anilines is 1. The molecule has 0 aliphatic carbocycles. The van der Waals surface area contributed by atoms with Gasteiger partial charge in [0.1, 0.15) is 12.4 Å². The SMILES string of the molecule is Cc1cc(OCc2ccc(C(=O)Nc3cnn(Cc4ccccc4)c3)cc2)ccc1Cl. The zero-order chi connectivity index (χ0) is 21.6. The molecule has 0 saturated heterocycles. The molecule has 1 amide bonds. The average molecular weight is 432 g/mol. The average Bonchev–Trinajstić information content (AvgIpc) is 3.22. The van der Waals surface area contributed by atoms with E-state index in [-0.39, 0.29) is 5.91 Å². The van der Waals surface area contributed by atoms with Gasteiger partial charge in [-0.25, -0.2) is 0 Å². The second-order valence-corrected chi connectivity index (χ2v) is 7.67. The highest BCUT2D eigenvalue weighted by atomic mass is 35.5. The maximum atomic E-state index is 12.5. The first kappa shape index (κ1) is 20.7. The number of hydrogen-bond acceptors (Lipinski definition) is 3. The first-order valence-electron chi connectivity index (χ1n) is 9.92. The van der Waals surface area contributed by atoms with E-state index in [0.29, 0.717) is 29.4 Å². The Bertz CT molecular complexity index is 1170. The highest BCUT2D eigenvalue weighted by molar-refractivity contribution is 6.31. The van der Waals surface area contributed by atoms with E-state index < -0.39 is 0 Å². The molecule has 0 spiro atoms. The fraction of sp³-hybridized carbons (Fsp3) is 0.120. The molecule has 0 radical (unpaired) electrons. The molecule has 0 unspecified atom stereocenters. The molecule has 0 aliphatic rings. The quantitative estimate of drug-likeness (QED) is 0.407. The Balaban J connectivity index is 1.32. The van der Waals surface area contributed by atoms with E-state index >= 15 is 0 Å². The summed E-state index contributed by atoms with van der Waals surface area (Å²) in [6.45, 7) is 3.00. The summed E-state index contributed by atoms with van der Waals surface area (Å²) in [7, 11) is 0. The molecule has 0 bridgehead atoms. The number of halogens is 1. The molecule has 0 atom stereocenters. The Morgan fingerprint density at radius 1 is 1.03 bits per heavy atom. The topological polar surface area (TPSA) is 56.1 Å². The van der Waals surface area contributed by atoms with Gasteiger partial charge in [0.05, 0.1) is 18.4 Å². The third-order valence-electron chi connectivity index (χ3n) is 4.83. The van der Waals surface area contributed by atoms with Gasteiger partial charge >= 0.3 is 0 Å². The van der Waals surface area contributed by atoms with Crippen LogP contribution in [0.4, 0.5) is 5.69 Å². The number of rotatable bonds is 7. The number of aromatic nitrogens is 2. The van der Waals surface area contributed by atoms with Crippen molar-refractivity contribution >= 4 is 23.2 Å². The third-order valence-corrected chi connectivity index (χ3v) is 5.25. The number of carbonyl (C=O) groups excluding carboxylic acids is 1. The lowest BCUT2D eigenvalue weighted by Gasteiger charge is -2.09. The minimum absolute atomic E-state index is 0.181. The third kappa shape index (κ3) is 5.53. The van der Waals surface area contributed by atoms with Crippen LogP contribution < -0.4 is 10.1 Å². The van der Waals surface area contributed by atoms with Crippen LogP contribution in [0.3, 0.4) is 0 Å². The van der Waals surface area contributed by atoms with E-state index in [1.807, 2.05) is 73.8 Å². The lowest BCUT2D eigenvalue weighted by Crippen LogP contribution is -2.11. The van der Waals surface area contributed by atoms with Gasteiger partial charge in [-0.3, -0.25) is 9.48 Å². The molecular formula is C25H22ClN3O2. The summed E-state index contributed by atoms with van der Waals surface area (Å²) in [5.74, 6) is 0.580. The van der Waals surface area contributed by atoms with Crippen LogP contribution in [0.1, 0.15) is 27.0 Å². The van der Waals surface area contributed by atoms with Gasteiger partial charge in [-0.2, -0.15) is 5.10 Å². The number of nitrogens with one attached hydrogen (secondary N) is 1. The summed E-state index contributed by atoms with van der Waals surface area (Å²) in [4.78, 5) is 12.5. The van der Waals surface area contributed by atoms with Gasteiger partial charge in [0.25, 0.3) is 5.91 Å². The predicted molar refractivity (Wildman–Crippen MR) is 123 cm³/mol. The van der Waals surface area contributed by atoms with Crippen molar-refractivity contribution in [3.63, 3.8) is 0 Å². The van der Waals surface area contributed by atoms with E-state index in [0.717, 1.165) is 22.4 Å². The number of hydrogen-bond donors (Lipinski definition) is 1. The molecule has 0 saturated carbocycles. The predicted octanol–water partition coefficient (Wildman–Crippen LogP) is 5.72. The lowest BCUT2D eigenvalue weighted by atomic mass is 10.1. The van der Waals surface area contributed by atoms with Gasteiger partial charge in [0.15, 0.2) is 0 Å². The van der Waals surface area contributed by atoms with Gasteiger partial charge in [0, 0.05) is 16.8 Å². The molecule has 1 N–H and O–H groups in total. The maximum Gasteiger partial charge on any atom is 0.255 e. The van der Waals surface area contributed by atoms with Crippen LogP contribution in [0, 0.1) is 6.92 Å². The van der Waals surface area contributed by atoms with Gasteiger partial charge < -0.3 is 10.1 Å². The van der Waals surface area contributed by atoms with E-state index in [1.165, 1.54) is 0 Å². The van der Waals surface area contributed by atoms with Crippen LogP contribution in [0.2, 0.25) is 5.02 Å². The van der Waals surface area contributed by atoms with Gasteiger partial charge in [-0.15, -0.1) is 0 Å². The van der Waals surface area contributed by atoms with E-state index in [1.54, 1.807) is 23.0 Å². The van der Waals surface area contributed by atoms with Crippen molar-refractivity contribution in [3.8, 4) is 5.75 Å². The highest BCUT2D eigenvalue weighted by Crippen LogP contribution is 2.22. The minimum atomic E-state index is -0.181. The number of nitrogens with zero attached hydrogens (tertiary/aromatic N) is 2. The number of amides is 1. The summed E-state index contributed by atoms with van der Waals surface area (Å²) < 4.78 is 7.60. The van der Waals surface area contributed by atoms with E-state index in [2.05, 4.69) is 10.4 Å². The molecule has 3 aromatic carbocycles. The zero-order valence-electron chi connectivity index (χ0n) is 17.1. The molecule has 0 fully saturated rings. The molecule has 4 aromatic rings. The minimum Gasteiger partial charge on any atom is -0.489 e. The first-order valence-corrected chi connectivity index (χ1v) is 10.3. The molecule has 31 heavy (non-hydrogen) atoms. The van der Waals surface area contributed by atoms with Gasteiger partial charge in [0.2, 0.25) is 0 Å². The van der Waals surface area contributed by atoms with Crippen molar-refractivity contribution in [2.75, 3.05) is 5.32 Å². The molecule has 4 rings (SSSR count). The van der Waals surface area contributed by atoms with Crippen molar-refractivity contribution in [2.45, 2.75) is 20.1 Å². The molecule has 0 aliphatic heterocycles. The summed E-state index contributed by atoms with van der Waals surface area (Å²) in [6, 6.07) is 23.0. The normalized spacial score (nSPS) is 10.6. The van der Waals surface area contributed by atoms with Crippen molar-refractivity contribution in [3.05, 3.63) is 112 Å². The summed E-state index contributed by atoms with van der Waals surface area (Å²) in [6.07, 6.45) is 3.47. The Morgan fingerprint density at radius 3 is 2.55 bits per heavy atom. The molecular weight excluding hydrogens is 410 g/mol. The Hall–Kier alpha value is -3.57. The molecule has 1 aromatic heterocycles. The van der Waals surface area contributed by atoms with Crippen molar-refractivity contribution in [1.82, 2.24) is 9.78 Å². The lowest BCUT2D eigenvalue weighted by molar-refractivity contribution is 0.102. The first-order chi connectivity index (χ1) is 15.1. The van der Waals surface area contributed by atoms with E-state index in [4.69, 9.17) is 16.3 Å². The van der Waals surface area contributed by atoms with Crippen LogP contribution in [0.15, 0.2) is 85.2 Å². The molecule has 156 valence electrons. The summed E-state index contributed by atoms with van der Waals surface area (Å²) >= 11 is 6.04. The van der Waals surface area contributed by atoms with Gasteiger partial charge in [-0.1, -0.05) is 54.1 Å². The fourth-order valence-electron chi connectivity index (χ4n) is 3.11. The Labute approximate surface area is 186 Å². The Morgan fingerprint density at radius 2 is 1.81 bits per heavy atom. The number of carbonyl (C=O) groups is 1. The number of aryl methyl sites for hydroxylation is 1. The largest absolute Gasteiger partial charge is 0.489 e. The monoisotopic (exact) mass is 431 g/mol. The van der Waals surface area contributed by atoms with Gasteiger partial charge in [-0.05, 0) is 53.9 Å². The number of ether oxygens (including phenoxy) is 1. The van der Waals surface area contributed by atoms with Crippen molar-refractivity contribution < 1.29 is 9.53 Å². The zero-order valence-corrected chi connectivity index (χ0v) is 17.8. The highest BCUT2D eigenvalue weighted by Gasteiger charge is 2.08. The van der Waals surface area contributed by atoms with Crippen LogP contribution >= 0.6 is 11.6 Å². The maximum absolute atomic E-state index is 12.5. The standard InChI is InChI=1S/C25H22ClN3O2/c1-18-13-23(11-12-24(18)26)31-17-20-7-9-21(10-8-20)25(30)28-22-14-27-29(16-22)15-19-5-3-2-4-6-19/h2-14,16H,15,17H2,1H3,(H,28,30). The molecule has 5 nitrogen and oxygen atoms in total. The van der Waals surface area contributed by atoms with Crippen LogP contribution in [-0.4, -0.2) is 15.7 Å². The Kier molecular flexibility index (Phi) is 6.34. The summed E-state index contributed by atoms with van der Waals surface area (Å²) in [5, 5.41) is 7.92. The fourth-order valence-corrected chi connectivity index (χ4v) is 3.23. The second kappa shape index (κ2) is 9.49. The number of benzene rings is 3. The van der Waals surface area contributed by atoms with Crippen molar-refractivity contribution in [1.29, 1.82) is 0 Å².